The van der Waals surface area contributed by atoms with Crippen molar-refractivity contribution < 1.29 is 14.3 Å². The summed E-state index contributed by atoms with van der Waals surface area (Å²) in [5, 5.41) is 2.96. The number of para-hydroxylation sites is 2. The summed E-state index contributed by atoms with van der Waals surface area (Å²) in [5.74, 6) is 1.01. The Morgan fingerprint density at radius 3 is 2.50 bits per heavy atom. The van der Waals surface area contributed by atoms with E-state index in [9.17, 15) is 4.79 Å². The zero-order valence-electron chi connectivity index (χ0n) is 15.4. The van der Waals surface area contributed by atoms with Gasteiger partial charge in [-0.25, -0.2) is 0 Å². The van der Waals surface area contributed by atoms with Crippen LogP contribution in [0, 0.1) is 0 Å². The van der Waals surface area contributed by atoms with Crippen molar-refractivity contribution in [1.82, 2.24) is 0 Å². The van der Waals surface area contributed by atoms with Gasteiger partial charge in [0.1, 0.15) is 5.75 Å². The summed E-state index contributed by atoms with van der Waals surface area (Å²) in [6, 6.07) is 15.7. The fourth-order valence-electron chi connectivity index (χ4n) is 2.94. The van der Waals surface area contributed by atoms with E-state index in [4.69, 9.17) is 9.47 Å². The van der Waals surface area contributed by atoms with Crippen molar-refractivity contribution in [2.24, 2.45) is 0 Å². The van der Waals surface area contributed by atoms with Crippen molar-refractivity contribution in [2.75, 3.05) is 43.1 Å². The minimum absolute atomic E-state index is 0.0154. The van der Waals surface area contributed by atoms with Crippen LogP contribution in [0.1, 0.15) is 25.3 Å². The van der Waals surface area contributed by atoms with Crippen LogP contribution < -0.4 is 15.0 Å². The topological polar surface area (TPSA) is 50.8 Å². The van der Waals surface area contributed by atoms with Gasteiger partial charge in [-0.3, -0.25) is 4.79 Å². The first-order valence-electron chi connectivity index (χ1n) is 9.08. The number of hydrogen-bond donors (Lipinski definition) is 1. The largest absolute Gasteiger partial charge is 0.484 e. The van der Waals surface area contributed by atoms with Gasteiger partial charge in [-0.15, -0.1) is 0 Å². The van der Waals surface area contributed by atoms with Gasteiger partial charge in [-0.1, -0.05) is 38.1 Å². The van der Waals surface area contributed by atoms with E-state index in [1.165, 1.54) is 5.56 Å². The van der Waals surface area contributed by atoms with Crippen molar-refractivity contribution in [3.8, 4) is 5.75 Å². The molecule has 1 saturated heterocycles. The molecule has 3 rings (SSSR count). The molecule has 0 atom stereocenters. The normalized spacial score (nSPS) is 14.3. The number of hydrogen-bond acceptors (Lipinski definition) is 4. The summed E-state index contributed by atoms with van der Waals surface area (Å²) in [6.45, 7) is 7.34. The maximum absolute atomic E-state index is 12.3. The summed E-state index contributed by atoms with van der Waals surface area (Å²) in [6.07, 6.45) is 0. The van der Waals surface area contributed by atoms with Crippen LogP contribution in [0.5, 0.6) is 5.75 Å². The van der Waals surface area contributed by atoms with Gasteiger partial charge in [-0.05, 0) is 35.7 Å². The Bertz CT molecular complexity index is 722. The van der Waals surface area contributed by atoms with Crippen LogP contribution >= 0.6 is 0 Å². The van der Waals surface area contributed by atoms with Crippen LogP contribution in [0.25, 0.3) is 0 Å². The third-order valence-corrected chi connectivity index (χ3v) is 4.45. The Balaban J connectivity index is 1.58. The van der Waals surface area contributed by atoms with Crippen molar-refractivity contribution in [3.63, 3.8) is 0 Å². The molecule has 0 saturated carbocycles. The van der Waals surface area contributed by atoms with Gasteiger partial charge in [-0.2, -0.15) is 0 Å². The van der Waals surface area contributed by atoms with E-state index in [1.807, 2.05) is 48.5 Å². The molecule has 0 aromatic heterocycles. The lowest BCUT2D eigenvalue weighted by Crippen LogP contribution is -2.36. The molecule has 0 unspecified atom stereocenters. The predicted octanol–water partition coefficient (Wildman–Crippen LogP) is 3.66. The first kappa shape index (κ1) is 18.3. The third-order valence-electron chi connectivity index (χ3n) is 4.45. The van der Waals surface area contributed by atoms with Crippen molar-refractivity contribution >= 4 is 17.3 Å². The molecular formula is C21H26N2O3. The lowest BCUT2D eigenvalue weighted by molar-refractivity contribution is -0.118. The molecule has 1 aliphatic rings. The Labute approximate surface area is 154 Å². The van der Waals surface area contributed by atoms with Gasteiger partial charge in [0.15, 0.2) is 6.61 Å². The summed E-state index contributed by atoms with van der Waals surface area (Å²) < 4.78 is 11.0. The van der Waals surface area contributed by atoms with E-state index in [0.29, 0.717) is 24.9 Å². The number of rotatable bonds is 6. The second-order valence-corrected chi connectivity index (χ2v) is 6.68. The Morgan fingerprint density at radius 1 is 1.12 bits per heavy atom. The molecule has 5 nitrogen and oxygen atoms in total. The molecule has 1 aliphatic heterocycles. The number of amides is 1. The second-order valence-electron chi connectivity index (χ2n) is 6.68. The van der Waals surface area contributed by atoms with Crippen molar-refractivity contribution in [3.05, 3.63) is 54.1 Å². The van der Waals surface area contributed by atoms with Crippen LogP contribution in [0.2, 0.25) is 0 Å². The molecular weight excluding hydrogens is 328 g/mol. The highest BCUT2D eigenvalue weighted by molar-refractivity contribution is 5.95. The molecule has 0 spiro atoms. The summed E-state index contributed by atoms with van der Waals surface area (Å²) in [4.78, 5) is 14.5. The minimum Gasteiger partial charge on any atom is -0.484 e. The molecule has 0 aliphatic carbocycles. The van der Waals surface area contributed by atoms with Crippen molar-refractivity contribution in [1.29, 1.82) is 0 Å². The number of ether oxygens (including phenoxy) is 2. The average molecular weight is 354 g/mol. The van der Waals surface area contributed by atoms with Crippen LogP contribution in [-0.4, -0.2) is 38.8 Å². The first-order valence-corrected chi connectivity index (χ1v) is 9.08. The Hall–Kier alpha value is -2.53. The summed E-state index contributed by atoms with van der Waals surface area (Å²) >= 11 is 0. The first-order chi connectivity index (χ1) is 12.6. The lowest BCUT2D eigenvalue weighted by atomic mass is 10.0. The molecule has 2 aromatic rings. The molecule has 138 valence electrons. The molecule has 5 heteroatoms. The highest BCUT2D eigenvalue weighted by Crippen LogP contribution is 2.26. The molecule has 0 radical (unpaired) electrons. The molecule has 26 heavy (non-hydrogen) atoms. The number of morpholine rings is 1. The zero-order valence-corrected chi connectivity index (χ0v) is 15.4. The predicted molar refractivity (Wildman–Crippen MR) is 104 cm³/mol. The van der Waals surface area contributed by atoms with Gasteiger partial charge in [0.25, 0.3) is 5.91 Å². The van der Waals surface area contributed by atoms with Crippen LogP contribution in [0.15, 0.2) is 48.5 Å². The molecule has 1 fully saturated rings. The van der Waals surface area contributed by atoms with Gasteiger partial charge in [0.2, 0.25) is 0 Å². The fourth-order valence-corrected chi connectivity index (χ4v) is 2.94. The molecule has 1 heterocycles. The Kier molecular flexibility index (Phi) is 6.12. The lowest BCUT2D eigenvalue weighted by Gasteiger charge is -2.30. The van der Waals surface area contributed by atoms with E-state index >= 15 is 0 Å². The average Bonchev–Trinajstić information content (AvgIpc) is 2.68. The summed E-state index contributed by atoms with van der Waals surface area (Å²) in [7, 11) is 0. The van der Waals surface area contributed by atoms with E-state index in [-0.39, 0.29) is 12.5 Å². The van der Waals surface area contributed by atoms with E-state index in [2.05, 4.69) is 24.1 Å². The summed E-state index contributed by atoms with van der Waals surface area (Å²) in [5.41, 5.74) is 3.07. The number of nitrogens with zero attached hydrogens (tertiary/aromatic N) is 1. The van der Waals surface area contributed by atoms with Crippen LogP contribution in [0.4, 0.5) is 11.4 Å². The number of carbonyl (C=O) groups excluding carboxylic acids is 1. The quantitative estimate of drug-likeness (QED) is 0.860. The SMILES string of the molecule is CC(C)c1ccc(OCC(=O)Nc2ccccc2N2CCOCC2)cc1. The number of anilines is 2. The van der Waals surface area contributed by atoms with Gasteiger partial charge in [0.05, 0.1) is 24.6 Å². The second kappa shape index (κ2) is 8.72. The van der Waals surface area contributed by atoms with Crippen LogP contribution in [-0.2, 0) is 9.53 Å². The van der Waals surface area contributed by atoms with Crippen LogP contribution in [0.3, 0.4) is 0 Å². The van der Waals surface area contributed by atoms with Crippen molar-refractivity contribution in [2.45, 2.75) is 19.8 Å². The van der Waals surface area contributed by atoms with E-state index in [0.717, 1.165) is 24.5 Å². The number of carbonyl (C=O) groups is 1. The maximum Gasteiger partial charge on any atom is 0.262 e. The maximum atomic E-state index is 12.3. The Morgan fingerprint density at radius 2 is 1.81 bits per heavy atom. The minimum atomic E-state index is -0.168. The molecule has 0 bridgehead atoms. The number of benzene rings is 2. The monoisotopic (exact) mass is 354 g/mol. The van der Waals surface area contributed by atoms with Gasteiger partial charge >= 0.3 is 0 Å². The fraction of sp³-hybridized carbons (Fsp3) is 0.381. The van der Waals surface area contributed by atoms with E-state index in [1.54, 1.807) is 0 Å². The highest BCUT2D eigenvalue weighted by atomic mass is 16.5. The zero-order chi connectivity index (χ0) is 18.4. The molecule has 1 N–H and O–H groups in total. The number of nitrogens with one attached hydrogen (secondary N) is 1. The molecule has 2 aromatic carbocycles. The third kappa shape index (κ3) is 4.76. The smallest absolute Gasteiger partial charge is 0.262 e. The van der Waals surface area contributed by atoms with E-state index < -0.39 is 0 Å². The standard InChI is InChI=1S/C21H26N2O3/c1-16(2)17-7-9-18(10-8-17)26-15-21(24)22-19-5-3-4-6-20(19)23-11-13-25-14-12-23/h3-10,16H,11-15H2,1-2H3,(H,22,24). The van der Waals surface area contributed by atoms with Gasteiger partial charge in [0, 0.05) is 13.1 Å². The molecule has 1 amide bonds. The van der Waals surface area contributed by atoms with Gasteiger partial charge < -0.3 is 19.7 Å². The highest BCUT2D eigenvalue weighted by Gasteiger charge is 2.15.